The summed E-state index contributed by atoms with van der Waals surface area (Å²) in [4.78, 5) is 26.6. The first-order valence-electron chi connectivity index (χ1n) is 6.76. The summed E-state index contributed by atoms with van der Waals surface area (Å²) in [5, 5.41) is 3.16. The first-order chi connectivity index (χ1) is 9.83. The summed E-state index contributed by atoms with van der Waals surface area (Å²) in [5.41, 5.74) is 0.433. The van der Waals surface area contributed by atoms with Gasteiger partial charge < -0.3 is 4.90 Å². The van der Waals surface area contributed by atoms with Crippen molar-refractivity contribution >= 4 is 17.2 Å². The van der Waals surface area contributed by atoms with Gasteiger partial charge in [0, 0.05) is 43.5 Å². The number of rotatable bonds is 3. The van der Waals surface area contributed by atoms with E-state index in [0.717, 1.165) is 37.4 Å². The first kappa shape index (κ1) is 13.2. The normalized spacial score (nSPS) is 19.0. The van der Waals surface area contributed by atoms with Crippen molar-refractivity contribution in [3.05, 3.63) is 40.9 Å². The molecule has 1 atom stereocenters. The Kier molecular flexibility index (Phi) is 4.01. The number of hydrogen-bond donors (Lipinski definition) is 0. The van der Waals surface area contributed by atoms with E-state index in [-0.39, 0.29) is 5.91 Å². The molecule has 20 heavy (non-hydrogen) atoms. The third-order valence-corrected chi connectivity index (χ3v) is 4.34. The molecule has 0 aromatic carbocycles. The monoisotopic (exact) mass is 288 g/mol. The molecule has 5 nitrogen and oxygen atoms in total. The molecule has 1 aliphatic rings. The number of carbonyl (C=O) groups excluding carboxylic acids is 1. The molecule has 3 heterocycles. The van der Waals surface area contributed by atoms with Gasteiger partial charge in [-0.1, -0.05) is 0 Å². The first-order valence-corrected chi connectivity index (χ1v) is 7.64. The Bertz CT molecular complexity index is 558. The van der Waals surface area contributed by atoms with Gasteiger partial charge in [0.05, 0.1) is 11.2 Å². The van der Waals surface area contributed by atoms with Crippen molar-refractivity contribution < 1.29 is 4.79 Å². The van der Waals surface area contributed by atoms with Crippen LogP contribution in [-0.2, 0) is 6.42 Å². The molecule has 1 fully saturated rings. The van der Waals surface area contributed by atoms with Gasteiger partial charge >= 0.3 is 0 Å². The molecule has 1 aliphatic heterocycles. The lowest BCUT2D eigenvalue weighted by Crippen LogP contribution is -2.40. The lowest BCUT2D eigenvalue weighted by molar-refractivity contribution is 0.0667. The molecule has 1 saturated heterocycles. The fourth-order valence-corrected chi connectivity index (χ4v) is 3.32. The van der Waals surface area contributed by atoms with Crippen LogP contribution in [0, 0.1) is 5.92 Å². The van der Waals surface area contributed by atoms with Gasteiger partial charge in [-0.2, -0.15) is 0 Å². The lowest BCUT2D eigenvalue weighted by atomic mass is 9.95. The Balaban J connectivity index is 1.64. The van der Waals surface area contributed by atoms with Gasteiger partial charge in [-0.25, -0.2) is 9.97 Å². The SMILES string of the molecule is O=C(c1cnccn1)N1CCC[C@@H](Cc2nccs2)C1. The van der Waals surface area contributed by atoms with E-state index in [1.165, 1.54) is 6.20 Å². The van der Waals surface area contributed by atoms with Gasteiger partial charge in [0.1, 0.15) is 5.69 Å². The van der Waals surface area contributed by atoms with E-state index in [1.807, 2.05) is 16.5 Å². The van der Waals surface area contributed by atoms with E-state index < -0.39 is 0 Å². The van der Waals surface area contributed by atoms with E-state index in [9.17, 15) is 4.79 Å². The molecule has 0 N–H and O–H groups in total. The van der Waals surface area contributed by atoms with Crippen LogP contribution in [0.2, 0.25) is 0 Å². The van der Waals surface area contributed by atoms with Crippen molar-refractivity contribution in [1.82, 2.24) is 19.9 Å². The maximum absolute atomic E-state index is 12.4. The predicted octanol–water partition coefficient (Wildman–Crippen LogP) is 2.03. The van der Waals surface area contributed by atoms with Crippen LogP contribution in [0.25, 0.3) is 0 Å². The summed E-state index contributed by atoms with van der Waals surface area (Å²) in [6, 6.07) is 0. The lowest BCUT2D eigenvalue weighted by Gasteiger charge is -2.32. The molecule has 0 saturated carbocycles. The number of thiazole rings is 1. The maximum atomic E-state index is 12.4. The third-order valence-electron chi connectivity index (χ3n) is 3.54. The van der Waals surface area contributed by atoms with Gasteiger partial charge in [-0.15, -0.1) is 11.3 Å². The number of aromatic nitrogens is 3. The second kappa shape index (κ2) is 6.09. The molecule has 3 rings (SSSR count). The molecule has 2 aromatic heterocycles. The Morgan fingerprint density at radius 1 is 1.35 bits per heavy atom. The molecule has 0 radical (unpaired) electrons. The summed E-state index contributed by atoms with van der Waals surface area (Å²) in [6.07, 6.45) is 9.67. The molecule has 0 bridgehead atoms. The molecule has 0 unspecified atom stereocenters. The van der Waals surface area contributed by atoms with Crippen molar-refractivity contribution in [2.45, 2.75) is 19.3 Å². The Hall–Kier alpha value is -1.82. The van der Waals surface area contributed by atoms with Crippen molar-refractivity contribution in [2.24, 2.45) is 5.92 Å². The highest BCUT2D eigenvalue weighted by molar-refractivity contribution is 7.09. The Morgan fingerprint density at radius 2 is 2.30 bits per heavy atom. The fourth-order valence-electron chi connectivity index (χ4n) is 2.59. The van der Waals surface area contributed by atoms with Gasteiger partial charge in [0.25, 0.3) is 5.91 Å². The zero-order chi connectivity index (χ0) is 13.8. The quantitative estimate of drug-likeness (QED) is 0.867. The topological polar surface area (TPSA) is 59.0 Å². The number of likely N-dealkylation sites (tertiary alicyclic amines) is 1. The Morgan fingerprint density at radius 3 is 3.05 bits per heavy atom. The van der Waals surface area contributed by atoms with Crippen LogP contribution < -0.4 is 0 Å². The van der Waals surface area contributed by atoms with E-state index in [1.54, 1.807) is 23.7 Å². The van der Waals surface area contributed by atoms with Crippen LogP contribution in [0.5, 0.6) is 0 Å². The van der Waals surface area contributed by atoms with Crippen molar-refractivity contribution in [3.8, 4) is 0 Å². The number of carbonyl (C=O) groups is 1. The van der Waals surface area contributed by atoms with Crippen LogP contribution in [0.1, 0.15) is 28.3 Å². The minimum atomic E-state index is -0.0121. The van der Waals surface area contributed by atoms with Gasteiger partial charge in [0.15, 0.2) is 0 Å². The largest absolute Gasteiger partial charge is 0.337 e. The number of piperidine rings is 1. The smallest absolute Gasteiger partial charge is 0.274 e. The molecule has 0 spiro atoms. The van der Waals surface area contributed by atoms with Gasteiger partial charge in [0.2, 0.25) is 0 Å². The van der Waals surface area contributed by atoms with E-state index >= 15 is 0 Å². The second-order valence-electron chi connectivity index (χ2n) is 4.98. The Labute approximate surface area is 121 Å². The third kappa shape index (κ3) is 3.01. The highest BCUT2D eigenvalue weighted by Gasteiger charge is 2.25. The molecule has 2 aromatic rings. The zero-order valence-corrected chi connectivity index (χ0v) is 11.9. The maximum Gasteiger partial charge on any atom is 0.274 e. The zero-order valence-electron chi connectivity index (χ0n) is 11.1. The van der Waals surface area contributed by atoms with Gasteiger partial charge in [-0.05, 0) is 18.8 Å². The molecule has 6 heteroatoms. The average Bonchev–Trinajstić information content (AvgIpc) is 3.01. The highest BCUT2D eigenvalue weighted by atomic mass is 32.1. The van der Waals surface area contributed by atoms with Crippen LogP contribution in [0.15, 0.2) is 30.2 Å². The standard InChI is InChI=1S/C14H16N4OS/c19-14(12-9-15-3-4-16-12)18-6-1-2-11(10-18)8-13-17-5-7-20-13/h3-5,7,9,11H,1-2,6,8,10H2/t11-/m0/s1. The van der Waals surface area contributed by atoms with E-state index in [2.05, 4.69) is 15.0 Å². The van der Waals surface area contributed by atoms with Crippen LogP contribution >= 0.6 is 11.3 Å². The summed E-state index contributed by atoms with van der Waals surface area (Å²) in [7, 11) is 0. The second-order valence-corrected chi connectivity index (χ2v) is 5.96. The highest BCUT2D eigenvalue weighted by Crippen LogP contribution is 2.22. The molecular weight excluding hydrogens is 272 g/mol. The fraction of sp³-hybridized carbons (Fsp3) is 0.429. The number of nitrogens with zero attached hydrogens (tertiary/aromatic N) is 4. The molecule has 0 aliphatic carbocycles. The summed E-state index contributed by atoms with van der Waals surface area (Å²) >= 11 is 1.69. The van der Waals surface area contributed by atoms with Crippen LogP contribution in [-0.4, -0.2) is 38.8 Å². The van der Waals surface area contributed by atoms with Gasteiger partial charge in [-0.3, -0.25) is 9.78 Å². The van der Waals surface area contributed by atoms with Crippen LogP contribution in [0.3, 0.4) is 0 Å². The van der Waals surface area contributed by atoms with E-state index in [0.29, 0.717) is 11.6 Å². The number of amides is 1. The van der Waals surface area contributed by atoms with Crippen molar-refractivity contribution in [2.75, 3.05) is 13.1 Å². The average molecular weight is 288 g/mol. The summed E-state index contributed by atoms with van der Waals surface area (Å²) in [6.45, 7) is 1.60. The molecule has 104 valence electrons. The number of hydrogen-bond acceptors (Lipinski definition) is 5. The predicted molar refractivity (Wildman–Crippen MR) is 76.5 cm³/mol. The van der Waals surface area contributed by atoms with Crippen molar-refractivity contribution in [3.63, 3.8) is 0 Å². The molecule has 1 amide bonds. The minimum absolute atomic E-state index is 0.0121. The summed E-state index contributed by atoms with van der Waals surface area (Å²) in [5.74, 6) is 0.484. The van der Waals surface area contributed by atoms with E-state index in [4.69, 9.17) is 0 Å². The summed E-state index contributed by atoms with van der Waals surface area (Å²) < 4.78 is 0. The van der Waals surface area contributed by atoms with Crippen LogP contribution in [0.4, 0.5) is 0 Å². The van der Waals surface area contributed by atoms with Crippen molar-refractivity contribution in [1.29, 1.82) is 0 Å². The molecular formula is C14H16N4OS. The minimum Gasteiger partial charge on any atom is -0.337 e.